The van der Waals surface area contributed by atoms with Crippen LogP contribution in [0.5, 0.6) is 0 Å². The van der Waals surface area contributed by atoms with Crippen LogP contribution < -0.4 is 0 Å². The maximum atomic E-state index is 11.6. The third-order valence-electron chi connectivity index (χ3n) is 3.99. The van der Waals surface area contributed by atoms with Gasteiger partial charge < -0.3 is 0 Å². The second-order valence-corrected chi connectivity index (χ2v) is 7.09. The van der Waals surface area contributed by atoms with Crippen molar-refractivity contribution in [3.05, 3.63) is 0 Å². The summed E-state index contributed by atoms with van der Waals surface area (Å²) in [5.41, 5.74) is -0.0724. The molecule has 0 aromatic heterocycles. The van der Waals surface area contributed by atoms with Crippen molar-refractivity contribution in [2.45, 2.75) is 31.2 Å². The fourth-order valence-electron chi connectivity index (χ4n) is 3.14. The molecule has 0 bridgehead atoms. The van der Waals surface area contributed by atoms with Gasteiger partial charge in [0.25, 0.3) is 0 Å². The molecule has 0 unspecified atom stereocenters. The van der Waals surface area contributed by atoms with Crippen molar-refractivity contribution in [3.8, 4) is 6.07 Å². The van der Waals surface area contributed by atoms with Crippen LogP contribution in [0.1, 0.15) is 25.7 Å². The molecule has 1 atom stereocenters. The standard InChI is InChI=1S/C11H19N3O2S/c1-17(15,16)14-8-3-5-11(10-14)4-2-7-13(11)9-6-12/h2-5,7-10H2,1H3/t11-/m0/s1. The van der Waals surface area contributed by atoms with Crippen LogP contribution in [0.3, 0.4) is 0 Å². The van der Waals surface area contributed by atoms with E-state index >= 15 is 0 Å². The predicted molar refractivity (Wildman–Crippen MR) is 64.8 cm³/mol. The average molecular weight is 257 g/mol. The van der Waals surface area contributed by atoms with Gasteiger partial charge in [0.15, 0.2) is 0 Å². The lowest BCUT2D eigenvalue weighted by Crippen LogP contribution is -2.56. The summed E-state index contributed by atoms with van der Waals surface area (Å²) in [5, 5.41) is 8.84. The highest BCUT2D eigenvalue weighted by molar-refractivity contribution is 7.88. The number of nitrogens with zero attached hydrogens (tertiary/aromatic N) is 3. The first kappa shape index (κ1) is 12.8. The Balaban J connectivity index is 2.18. The van der Waals surface area contributed by atoms with Gasteiger partial charge in [-0.25, -0.2) is 12.7 Å². The van der Waals surface area contributed by atoms with Gasteiger partial charge in [-0.05, 0) is 32.2 Å². The van der Waals surface area contributed by atoms with E-state index in [-0.39, 0.29) is 5.54 Å². The van der Waals surface area contributed by atoms with Crippen molar-refractivity contribution >= 4 is 10.0 Å². The molecule has 2 heterocycles. The summed E-state index contributed by atoms with van der Waals surface area (Å²) in [6, 6.07) is 2.19. The van der Waals surface area contributed by atoms with E-state index in [0.29, 0.717) is 19.6 Å². The van der Waals surface area contributed by atoms with Gasteiger partial charge in [0, 0.05) is 18.6 Å². The molecule has 0 aliphatic carbocycles. The number of hydrogen-bond acceptors (Lipinski definition) is 4. The zero-order valence-corrected chi connectivity index (χ0v) is 11.0. The van der Waals surface area contributed by atoms with Gasteiger partial charge in [-0.1, -0.05) is 0 Å². The van der Waals surface area contributed by atoms with E-state index in [1.807, 2.05) is 0 Å². The smallest absolute Gasteiger partial charge is 0.211 e. The highest BCUT2D eigenvalue weighted by atomic mass is 32.2. The van der Waals surface area contributed by atoms with Crippen LogP contribution in [0, 0.1) is 11.3 Å². The molecule has 2 rings (SSSR count). The second-order valence-electron chi connectivity index (χ2n) is 5.11. The Morgan fingerprint density at radius 1 is 1.29 bits per heavy atom. The first-order valence-electron chi connectivity index (χ1n) is 6.05. The maximum absolute atomic E-state index is 11.6. The van der Waals surface area contributed by atoms with E-state index < -0.39 is 10.0 Å². The molecule has 0 amide bonds. The minimum Gasteiger partial charge on any atom is -0.283 e. The van der Waals surface area contributed by atoms with Gasteiger partial charge >= 0.3 is 0 Å². The van der Waals surface area contributed by atoms with Crippen molar-refractivity contribution in [2.24, 2.45) is 0 Å². The van der Waals surface area contributed by atoms with E-state index in [9.17, 15) is 8.42 Å². The molecule has 0 aromatic rings. The molecule has 2 saturated heterocycles. The maximum Gasteiger partial charge on any atom is 0.211 e. The number of likely N-dealkylation sites (tertiary alicyclic amines) is 1. The van der Waals surface area contributed by atoms with E-state index in [4.69, 9.17) is 5.26 Å². The van der Waals surface area contributed by atoms with Gasteiger partial charge in [0.1, 0.15) is 0 Å². The number of sulfonamides is 1. The summed E-state index contributed by atoms with van der Waals surface area (Å²) in [5.74, 6) is 0. The Labute approximate surface area is 103 Å². The molecule has 1 spiro atoms. The normalized spacial score (nSPS) is 31.8. The summed E-state index contributed by atoms with van der Waals surface area (Å²) in [6.45, 7) is 2.53. The third-order valence-corrected chi connectivity index (χ3v) is 5.24. The minimum absolute atomic E-state index is 0.0724. The second kappa shape index (κ2) is 4.56. The Morgan fingerprint density at radius 2 is 1.94 bits per heavy atom. The van der Waals surface area contributed by atoms with Crippen LogP contribution in [0.4, 0.5) is 0 Å². The summed E-state index contributed by atoms with van der Waals surface area (Å²) in [4.78, 5) is 2.17. The lowest BCUT2D eigenvalue weighted by molar-refractivity contribution is 0.0857. The van der Waals surface area contributed by atoms with Crippen LogP contribution >= 0.6 is 0 Å². The minimum atomic E-state index is -3.10. The summed E-state index contributed by atoms with van der Waals surface area (Å²) >= 11 is 0. The molecular formula is C11H19N3O2S. The molecule has 0 saturated carbocycles. The SMILES string of the molecule is CS(=O)(=O)N1CCC[C@@]2(CCCN2CC#N)C1. The summed E-state index contributed by atoms with van der Waals surface area (Å²) < 4.78 is 24.8. The molecule has 6 heteroatoms. The predicted octanol–water partition coefficient (Wildman–Crippen LogP) is 0.400. The fourth-order valence-corrected chi connectivity index (χ4v) is 4.08. The lowest BCUT2D eigenvalue weighted by Gasteiger charge is -2.44. The van der Waals surface area contributed by atoms with Crippen LogP contribution in [0.2, 0.25) is 0 Å². The molecule has 96 valence electrons. The first-order chi connectivity index (χ1) is 7.98. The first-order valence-corrected chi connectivity index (χ1v) is 7.90. The Bertz CT molecular complexity index is 428. The van der Waals surface area contributed by atoms with Gasteiger partial charge in [0.2, 0.25) is 10.0 Å². The molecule has 0 radical (unpaired) electrons. The fraction of sp³-hybridized carbons (Fsp3) is 0.909. The molecular weight excluding hydrogens is 238 g/mol. The highest BCUT2D eigenvalue weighted by Crippen LogP contribution is 2.37. The molecule has 2 aliphatic heterocycles. The molecule has 0 N–H and O–H groups in total. The van der Waals surface area contributed by atoms with Crippen LogP contribution in [0.15, 0.2) is 0 Å². The zero-order valence-electron chi connectivity index (χ0n) is 10.2. The number of rotatable bonds is 2. The van der Waals surface area contributed by atoms with Crippen molar-refractivity contribution in [1.29, 1.82) is 5.26 Å². The van der Waals surface area contributed by atoms with E-state index in [0.717, 1.165) is 32.2 Å². The van der Waals surface area contributed by atoms with Crippen LogP contribution in [-0.4, -0.2) is 55.6 Å². The topological polar surface area (TPSA) is 64.4 Å². The molecule has 5 nitrogen and oxygen atoms in total. The third kappa shape index (κ3) is 2.46. The van der Waals surface area contributed by atoms with Gasteiger partial charge in [-0.2, -0.15) is 5.26 Å². The highest BCUT2D eigenvalue weighted by Gasteiger charge is 2.45. The Hall–Kier alpha value is -0.640. The zero-order chi connectivity index (χ0) is 12.5. The van der Waals surface area contributed by atoms with E-state index in [1.165, 1.54) is 6.26 Å². The van der Waals surface area contributed by atoms with Crippen molar-refractivity contribution in [1.82, 2.24) is 9.21 Å². The van der Waals surface area contributed by atoms with Gasteiger partial charge in [0.05, 0.1) is 18.9 Å². The number of nitriles is 1. The van der Waals surface area contributed by atoms with Gasteiger partial charge in [-0.15, -0.1) is 0 Å². The average Bonchev–Trinajstić information content (AvgIpc) is 2.61. The van der Waals surface area contributed by atoms with Crippen molar-refractivity contribution < 1.29 is 8.42 Å². The summed E-state index contributed by atoms with van der Waals surface area (Å²) in [7, 11) is -3.10. The number of piperidine rings is 1. The quantitative estimate of drug-likeness (QED) is 0.672. The van der Waals surface area contributed by atoms with Crippen molar-refractivity contribution in [3.63, 3.8) is 0 Å². The van der Waals surface area contributed by atoms with Crippen molar-refractivity contribution in [2.75, 3.05) is 32.4 Å². The van der Waals surface area contributed by atoms with Crippen LogP contribution in [-0.2, 0) is 10.0 Å². The largest absolute Gasteiger partial charge is 0.283 e. The molecule has 0 aromatic carbocycles. The molecule has 2 aliphatic rings. The summed E-state index contributed by atoms with van der Waals surface area (Å²) in [6.07, 6.45) is 5.27. The lowest BCUT2D eigenvalue weighted by atomic mass is 9.87. The van der Waals surface area contributed by atoms with Gasteiger partial charge in [-0.3, -0.25) is 4.90 Å². The van der Waals surface area contributed by atoms with E-state index in [2.05, 4.69) is 11.0 Å². The van der Waals surface area contributed by atoms with E-state index in [1.54, 1.807) is 4.31 Å². The molecule has 2 fully saturated rings. The Kier molecular flexibility index (Phi) is 3.43. The van der Waals surface area contributed by atoms with Crippen LogP contribution in [0.25, 0.3) is 0 Å². The monoisotopic (exact) mass is 257 g/mol. The molecule has 17 heavy (non-hydrogen) atoms. The number of hydrogen-bond donors (Lipinski definition) is 0. The Morgan fingerprint density at radius 3 is 2.53 bits per heavy atom.